The van der Waals surface area contributed by atoms with Crippen LogP contribution in [0.5, 0.6) is 0 Å². The van der Waals surface area contributed by atoms with E-state index in [0.29, 0.717) is 6.04 Å². The molecule has 1 saturated carbocycles. The van der Waals surface area contributed by atoms with Gasteiger partial charge in [0.05, 0.1) is 11.4 Å². The molecule has 1 aliphatic carbocycles. The van der Waals surface area contributed by atoms with Gasteiger partial charge in [-0.1, -0.05) is 18.2 Å². The summed E-state index contributed by atoms with van der Waals surface area (Å²) in [6.45, 7) is 3.00. The molecule has 3 rings (SSSR count). The molecule has 2 aromatic rings. The third kappa shape index (κ3) is 5.51. The molecule has 0 bridgehead atoms. The number of aliphatic imine (C=N–C) groups is 1. The smallest absolute Gasteiger partial charge is 0.191 e. The third-order valence-corrected chi connectivity index (χ3v) is 6.31. The van der Waals surface area contributed by atoms with E-state index in [-0.39, 0.29) is 0 Å². The van der Waals surface area contributed by atoms with Gasteiger partial charge in [0.2, 0.25) is 0 Å². The van der Waals surface area contributed by atoms with Crippen molar-refractivity contribution in [2.24, 2.45) is 4.99 Å². The van der Waals surface area contributed by atoms with Crippen LogP contribution in [0, 0.1) is 6.92 Å². The Hall–Kier alpha value is -1.95. The highest BCUT2D eigenvalue weighted by Gasteiger charge is 2.24. The lowest BCUT2D eigenvalue weighted by molar-refractivity contribution is 0.611. The highest BCUT2D eigenvalue weighted by Crippen LogP contribution is 2.28. The fourth-order valence-electron chi connectivity index (χ4n) is 3.61. The summed E-state index contributed by atoms with van der Waals surface area (Å²) >= 11 is 1.98. The molecule has 1 heterocycles. The largest absolute Gasteiger partial charge is 0.356 e. The van der Waals surface area contributed by atoms with E-state index >= 15 is 0 Å². The molecule has 27 heavy (non-hydrogen) atoms. The van der Waals surface area contributed by atoms with Gasteiger partial charge >= 0.3 is 0 Å². The average molecular weight is 386 g/mol. The van der Waals surface area contributed by atoms with Gasteiger partial charge in [-0.05, 0) is 63.0 Å². The molecule has 0 radical (unpaired) electrons. The molecule has 2 atom stereocenters. The first-order chi connectivity index (χ1) is 13.2. The number of hydrogen-bond donors (Lipinski definition) is 2. The number of thioether (sulfide) groups is 1. The van der Waals surface area contributed by atoms with Crippen LogP contribution in [0.1, 0.15) is 36.9 Å². The third-order valence-electron chi connectivity index (χ3n) is 5.22. The second kappa shape index (κ2) is 9.83. The Morgan fingerprint density at radius 1 is 1.30 bits per heavy atom. The van der Waals surface area contributed by atoms with Gasteiger partial charge in [-0.15, -0.1) is 0 Å². The number of hydrogen-bond acceptors (Lipinski definition) is 3. The summed E-state index contributed by atoms with van der Waals surface area (Å²) in [5.41, 5.74) is 3.52. The van der Waals surface area contributed by atoms with E-state index in [1.54, 1.807) is 0 Å². The normalized spacial score (nSPS) is 20.0. The molecule has 0 amide bonds. The van der Waals surface area contributed by atoms with E-state index in [1.165, 1.54) is 24.8 Å². The van der Waals surface area contributed by atoms with Crippen LogP contribution in [-0.2, 0) is 6.42 Å². The van der Waals surface area contributed by atoms with E-state index in [0.717, 1.165) is 42.0 Å². The van der Waals surface area contributed by atoms with Crippen LogP contribution >= 0.6 is 11.8 Å². The minimum absolute atomic E-state index is 0.556. The first-order valence-corrected chi connectivity index (χ1v) is 11.1. The Kier molecular flexibility index (Phi) is 7.21. The highest BCUT2D eigenvalue weighted by atomic mass is 32.2. The number of guanidine groups is 1. The van der Waals surface area contributed by atoms with Gasteiger partial charge in [-0.3, -0.25) is 4.99 Å². The van der Waals surface area contributed by atoms with Gasteiger partial charge in [0.25, 0.3) is 0 Å². The van der Waals surface area contributed by atoms with Gasteiger partial charge in [0.1, 0.15) is 0 Å². The Bertz CT molecular complexity index is 740. The number of para-hydroxylation sites is 1. The van der Waals surface area contributed by atoms with E-state index in [2.05, 4.69) is 52.2 Å². The predicted octanol–water partition coefficient (Wildman–Crippen LogP) is 3.56. The van der Waals surface area contributed by atoms with Crippen LogP contribution in [0.3, 0.4) is 0 Å². The van der Waals surface area contributed by atoms with E-state index in [4.69, 9.17) is 0 Å². The molecule has 0 spiro atoms. The lowest BCUT2D eigenvalue weighted by Gasteiger charge is -2.17. The molecule has 1 fully saturated rings. The summed E-state index contributed by atoms with van der Waals surface area (Å²) in [7, 11) is 1.85. The van der Waals surface area contributed by atoms with Crippen LogP contribution in [0.15, 0.2) is 41.5 Å². The van der Waals surface area contributed by atoms with Crippen LogP contribution in [0.25, 0.3) is 5.69 Å². The summed E-state index contributed by atoms with van der Waals surface area (Å²) in [6, 6.07) is 10.8. The van der Waals surface area contributed by atoms with Gasteiger partial charge < -0.3 is 10.6 Å². The van der Waals surface area contributed by atoms with Gasteiger partial charge in [-0.25, -0.2) is 4.68 Å². The van der Waals surface area contributed by atoms with Crippen molar-refractivity contribution in [3.63, 3.8) is 0 Å². The lowest BCUT2D eigenvalue weighted by Crippen LogP contribution is -2.42. The van der Waals surface area contributed by atoms with Crippen molar-refractivity contribution >= 4 is 17.7 Å². The van der Waals surface area contributed by atoms with Crippen LogP contribution in [-0.4, -0.2) is 46.9 Å². The number of rotatable bonds is 7. The first-order valence-electron chi connectivity index (χ1n) is 9.80. The first kappa shape index (κ1) is 19.8. The molecule has 0 aliphatic heterocycles. The second-order valence-electron chi connectivity index (χ2n) is 7.13. The zero-order valence-corrected chi connectivity index (χ0v) is 17.4. The summed E-state index contributed by atoms with van der Waals surface area (Å²) in [5, 5.41) is 12.5. The van der Waals surface area contributed by atoms with Crippen LogP contribution in [0.4, 0.5) is 0 Å². The molecule has 1 aromatic heterocycles. The van der Waals surface area contributed by atoms with Crippen molar-refractivity contribution in [2.45, 2.75) is 50.3 Å². The molecular weight excluding hydrogens is 354 g/mol. The molecule has 146 valence electrons. The number of aryl methyl sites for hydroxylation is 2. The minimum atomic E-state index is 0.556. The Morgan fingerprint density at radius 3 is 2.81 bits per heavy atom. The zero-order valence-electron chi connectivity index (χ0n) is 16.6. The summed E-state index contributed by atoms with van der Waals surface area (Å²) < 4.78 is 1.97. The maximum atomic E-state index is 4.65. The molecule has 1 aliphatic rings. The monoisotopic (exact) mass is 385 g/mol. The molecular formula is C21H31N5S. The second-order valence-corrected chi connectivity index (χ2v) is 8.27. The molecule has 6 heteroatoms. The SMILES string of the molecule is CN=C(NCCCc1cn(-c2ccccc2)nc1C)NC1CCC(SC)C1. The van der Waals surface area contributed by atoms with E-state index in [9.17, 15) is 0 Å². The van der Waals surface area contributed by atoms with Crippen LogP contribution in [0.2, 0.25) is 0 Å². The Balaban J connectivity index is 1.44. The molecule has 5 nitrogen and oxygen atoms in total. The quantitative estimate of drug-likeness (QED) is 0.435. The summed E-state index contributed by atoms with van der Waals surface area (Å²) in [4.78, 5) is 4.38. The number of benzene rings is 1. The number of nitrogens with zero attached hydrogens (tertiary/aromatic N) is 3. The van der Waals surface area contributed by atoms with Crippen molar-refractivity contribution in [2.75, 3.05) is 19.8 Å². The summed E-state index contributed by atoms with van der Waals surface area (Å²) in [5.74, 6) is 0.929. The maximum absolute atomic E-state index is 4.65. The fraction of sp³-hybridized carbons (Fsp3) is 0.524. The van der Waals surface area contributed by atoms with E-state index < -0.39 is 0 Å². The van der Waals surface area contributed by atoms with Crippen molar-refractivity contribution < 1.29 is 0 Å². The van der Waals surface area contributed by atoms with Gasteiger partial charge in [-0.2, -0.15) is 16.9 Å². The van der Waals surface area contributed by atoms with Crippen molar-refractivity contribution in [3.8, 4) is 5.69 Å². The number of nitrogens with one attached hydrogen (secondary N) is 2. The Morgan fingerprint density at radius 2 is 2.11 bits per heavy atom. The highest BCUT2D eigenvalue weighted by molar-refractivity contribution is 7.99. The summed E-state index contributed by atoms with van der Waals surface area (Å²) in [6.07, 6.45) is 10.2. The minimum Gasteiger partial charge on any atom is -0.356 e. The number of aromatic nitrogens is 2. The Labute approximate surface area is 167 Å². The van der Waals surface area contributed by atoms with Crippen LogP contribution < -0.4 is 10.6 Å². The fourth-order valence-corrected chi connectivity index (χ4v) is 4.41. The average Bonchev–Trinajstić information content (AvgIpc) is 3.31. The molecule has 2 unspecified atom stereocenters. The maximum Gasteiger partial charge on any atom is 0.191 e. The zero-order chi connectivity index (χ0) is 19.1. The van der Waals surface area contributed by atoms with Crippen molar-refractivity contribution in [1.29, 1.82) is 0 Å². The standard InChI is InChI=1S/C21H31N5S/c1-16-17(15-26(25-16)19-9-5-4-6-10-19)8-7-13-23-21(22-2)24-18-11-12-20(14-18)27-3/h4-6,9-10,15,18,20H,7-8,11-14H2,1-3H3,(H2,22,23,24). The van der Waals surface area contributed by atoms with E-state index in [1.807, 2.05) is 41.7 Å². The van der Waals surface area contributed by atoms with Gasteiger partial charge in [0, 0.05) is 31.1 Å². The van der Waals surface area contributed by atoms with Gasteiger partial charge in [0.15, 0.2) is 5.96 Å². The van der Waals surface area contributed by atoms with Crippen molar-refractivity contribution in [1.82, 2.24) is 20.4 Å². The molecule has 2 N–H and O–H groups in total. The molecule has 1 aromatic carbocycles. The molecule has 0 saturated heterocycles. The lowest BCUT2D eigenvalue weighted by atomic mass is 10.1. The predicted molar refractivity (Wildman–Crippen MR) is 116 cm³/mol. The van der Waals surface area contributed by atoms with Crippen molar-refractivity contribution in [3.05, 3.63) is 47.8 Å². The topological polar surface area (TPSA) is 54.2 Å².